The molecule has 0 fully saturated rings. The van der Waals surface area contributed by atoms with Crippen molar-refractivity contribution in [3.63, 3.8) is 0 Å². The van der Waals surface area contributed by atoms with Crippen LogP contribution in [0.2, 0.25) is 0 Å². The number of nitrogens with zero attached hydrogens (tertiary/aromatic N) is 3. The second-order valence-corrected chi connectivity index (χ2v) is 17.6. The van der Waals surface area contributed by atoms with Crippen molar-refractivity contribution in [2.75, 3.05) is 4.90 Å². The number of aromatic nitrogens is 2. The van der Waals surface area contributed by atoms with Gasteiger partial charge in [0.1, 0.15) is 11.2 Å². The van der Waals surface area contributed by atoms with Crippen LogP contribution in [-0.2, 0) is 0 Å². The summed E-state index contributed by atoms with van der Waals surface area (Å²) in [5.41, 5.74) is 19.7. The van der Waals surface area contributed by atoms with Crippen molar-refractivity contribution in [2.45, 2.75) is 0 Å². The van der Waals surface area contributed by atoms with Gasteiger partial charge in [-0.3, -0.25) is 4.98 Å². The number of para-hydroxylation sites is 3. The van der Waals surface area contributed by atoms with Crippen molar-refractivity contribution in [1.82, 2.24) is 9.55 Å². The molecule has 0 aliphatic carbocycles. The van der Waals surface area contributed by atoms with Crippen molar-refractivity contribution in [3.05, 3.63) is 261 Å². The zero-order valence-corrected chi connectivity index (χ0v) is 37.6. The van der Waals surface area contributed by atoms with Gasteiger partial charge in [-0.25, -0.2) is 0 Å². The molecule has 0 radical (unpaired) electrons. The van der Waals surface area contributed by atoms with Crippen LogP contribution >= 0.6 is 0 Å². The Bertz CT molecular complexity index is 3950. The molecule has 4 nitrogen and oxygen atoms in total. The molecule has 69 heavy (non-hydrogen) atoms. The fourth-order valence-corrected chi connectivity index (χ4v) is 10.2. The van der Waals surface area contributed by atoms with E-state index in [0.29, 0.717) is 0 Å². The molecule has 0 atom stereocenters. The predicted octanol–water partition coefficient (Wildman–Crippen LogP) is 17.9. The lowest BCUT2D eigenvalue weighted by Gasteiger charge is -2.29. The average molecular weight is 882 g/mol. The van der Waals surface area contributed by atoms with Crippen LogP contribution in [0.5, 0.6) is 0 Å². The highest BCUT2D eigenvalue weighted by molar-refractivity contribution is 6.11. The fourth-order valence-electron chi connectivity index (χ4n) is 10.2. The summed E-state index contributed by atoms with van der Waals surface area (Å²) in [6.07, 6.45) is 3.74. The molecule has 4 heteroatoms. The van der Waals surface area contributed by atoms with E-state index >= 15 is 0 Å². The Labute approximate surface area is 400 Å². The minimum atomic E-state index is 0.878. The van der Waals surface area contributed by atoms with Crippen LogP contribution in [0.25, 0.3) is 105 Å². The molecule has 0 amide bonds. The van der Waals surface area contributed by atoms with E-state index in [1.54, 1.807) is 0 Å². The highest BCUT2D eigenvalue weighted by Gasteiger charge is 2.21. The molecule has 13 aromatic rings. The third-order valence-electron chi connectivity index (χ3n) is 13.5. The summed E-state index contributed by atoms with van der Waals surface area (Å²) in [6, 6.07) is 89.5. The van der Waals surface area contributed by atoms with Gasteiger partial charge in [0.2, 0.25) is 0 Å². The maximum atomic E-state index is 6.40. The second kappa shape index (κ2) is 16.9. The van der Waals surface area contributed by atoms with Gasteiger partial charge in [-0.05, 0) is 129 Å². The maximum absolute atomic E-state index is 6.40. The Balaban J connectivity index is 0.961. The number of furan rings is 1. The van der Waals surface area contributed by atoms with Crippen LogP contribution in [0, 0.1) is 0 Å². The molecule has 0 aliphatic heterocycles. The molecular weight excluding hydrogens is 839 g/mol. The summed E-state index contributed by atoms with van der Waals surface area (Å²) < 4.78 is 8.78. The standard InChI is InChI=1S/C65H43N3O/c1-3-15-44(16-4-1)51-38-52(45-17-5-2-6-18-45)40-55(39-51)67(53-31-28-46(29-32-53)50-21-14-36-66-43-50)61-25-10-7-22-56(61)49-20-13-19-47(37-49)48-30-34-58-57-23-8-11-26-62(57)68(63(58)41-48)54-33-35-60-59-24-9-12-27-64(59)69-65(60)42-54/h1-43H. The minimum Gasteiger partial charge on any atom is -0.456 e. The first kappa shape index (κ1) is 40.1. The number of hydrogen-bond acceptors (Lipinski definition) is 3. The molecule has 0 bridgehead atoms. The van der Waals surface area contributed by atoms with Gasteiger partial charge in [-0.1, -0.05) is 164 Å². The number of fused-ring (bicyclic) bond motifs is 6. The third kappa shape index (κ3) is 7.23. The Morgan fingerprint density at radius 2 is 0.913 bits per heavy atom. The summed E-state index contributed by atoms with van der Waals surface area (Å²) in [4.78, 5) is 6.82. The summed E-state index contributed by atoms with van der Waals surface area (Å²) in [7, 11) is 0. The first-order chi connectivity index (χ1) is 34.2. The van der Waals surface area contributed by atoms with Gasteiger partial charge in [-0.15, -0.1) is 0 Å². The molecule has 10 aromatic carbocycles. The Hall–Kier alpha value is -9.25. The quantitative estimate of drug-likeness (QED) is 0.145. The molecular formula is C65H43N3O. The van der Waals surface area contributed by atoms with E-state index in [2.05, 4.69) is 245 Å². The number of hydrogen-bond donors (Lipinski definition) is 0. The van der Waals surface area contributed by atoms with Crippen LogP contribution in [0.1, 0.15) is 0 Å². The van der Waals surface area contributed by atoms with E-state index in [0.717, 1.165) is 111 Å². The molecule has 0 spiro atoms. The van der Waals surface area contributed by atoms with Gasteiger partial charge in [-0.2, -0.15) is 0 Å². The van der Waals surface area contributed by atoms with E-state index in [9.17, 15) is 0 Å². The lowest BCUT2D eigenvalue weighted by atomic mass is 9.95. The predicted molar refractivity (Wildman–Crippen MR) is 288 cm³/mol. The summed E-state index contributed by atoms with van der Waals surface area (Å²) in [6.45, 7) is 0. The molecule has 0 saturated heterocycles. The van der Waals surface area contributed by atoms with Crippen molar-refractivity contribution in [1.29, 1.82) is 0 Å². The highest BCUT2D eigenvalue weighted by atomic mass is 16.3. The zero-order valence-electron chi connectivity index (χ0n) is 37.6. The van der Waals surface area contributed by atoms with Gasteiger partial charge >= 0.3 is 0 Å². The Kier molecular flexibility index (Phi) is 9.80. The number of anilines is 3. The van der Waals surface area contributed by atoms with E-state index < -0.39 is 0 Å². The van der Waals surface area contributed by atoms with E-state index in [4.69, 9.17) is 4.42 Å². The first-order valence-corrected chi connectivity index (χ1v) is 23.4. The Morgan fingerprint density at radius 3 is 1.70 bits per heavy atom. The summed E-state index contributed by atoms with van der Waals surface area (Å²) in [5, 5.41) is 4.67. The van der Waals surface area contributed by atoms with Crippen molar-refractivity contribution < 1.29 is 4.42 Å². The van der Waals surface area contributed by atoms with E-state index in [-0.39, 0.29) is 0 Å². The molecule has 0 unspecified atom stereocenters. The first-order valence-electron chi connectivity index (χ1n) is 23.4. The summed E-state index contributed by atoms with van der Waals surface area (Å²) in [5.74, 6) is 0. The molecule has 324 valence electrons. The largest absolute Gasteiger partial charge is 0.456 e. The average Bonchev–Trinajstić information content (AvgIpc) is 3.97. The van der Waals surface area contributed by atoms with Crippen LogP contribution in [-0.4, -0.2) is 9.55 Å². The van der Waals surface area contributed by atoms with Crippen LogP contribution in [0.4, 0.5) is 17.1 Å². The lowest BCUT2D eigenvalue weighted by molar-refractivity contribution is 0.668. The topological polar surface area (TPSA) is 34.2 Å². The Morgan fingerprint density at radius 1 is 0.333 bits per heavy atom. The van der Waals surface area contributed by atoms with E-state index in [1.165, 1.54) is 10.8 Å². The number of benzene rings is 10. The van der Waals surface area contributed by atoms with Crippen LogP contribution < -0.4 is 4.90 Å². The zero-order chi connectivity index (χ0) is 45.7. The SMILES string of the molecule is c1ccc(-c2cc(-c3ccccc3)cc(N(c3ccc(-c4cccnc4)cc3)c3ccccc3-c3cccc(-c4ccc5c6ccccc6n(-c6ccc7c(c6)oc6ccccc67)c5c4)c3)c2)cc1. The van der Waals surface area contributed by atoms with Gasteiger partial charge in [0.25, 0.3) is 0 Å². The molecule has 13 rings (SSSR count). The van der Waals surface area contributed by atoms with Crippen LogP contribution in [0.3, 0.4) is 0 Å². The number of rotatable bonds is 9. The van der Waals surface area contributed by atoms with Crippen LogP contribution in [0.15, 0.2) is 266 Å². The van der Waals surface area contributed by atoms with E-state index in [1.807, 2.05) is 30.6 Å². The second-order valence-electron chi connectivity index (χ2n) is 17.6. The van der Waals surface area contributed by atoms with Crippen molar-refractivity contribution >= 4 is 60.8 Å². The maximum Gasteiger partial charge on any atom is 0.137 e. The molecule has 0 saturated carbocycles. The smallest absolute Gasteiger partial charge is 0.137 e. The summed E-state index contributed by atoms with van der Waals surface area (Å²) >= 11 is 0. The van der Waals surface area contributed by atoms with Gasteiger partial charge in [0.05, 0.1) is 16.7 Å². The van der Waals surface area contributed by atoms with Gasteiger partial charge < -0.3 is 13.9 Å². The minimum absolute atomic E-state index is 0.878. The lowest BCUT2D eigenvalue weighted by Crippen LogP contribution is -2.11. The molecule has 3 heterocycles. The normalized spacial score (nSPS) is 11.5. The third-order valence-corrected chi connectivity index (χ3v) is 13.5. The molecule has 0 N–H and O–H groups in total. The van der Waals surface area contributed by atoms with Gasteiger partial charge in [0, 0.05) is 62.6 Å². The van der Waals surface area contributed by atoms with Gasteiger partial charge in [0.15, 0.2) is 0 Å². The molecule has 0 aliphatic rings. The fraction of sp³-hybridized carbons (Fsp3) is 0. The van der Waals surface area contributed by atoms with Crippen molar-refractivity contribution in [3.8, 4) is 61.3 Å². The molecule has 3 aromatic heterocycles. The monoisotopic (exact) mass is 881 g/mol. The highest BCUT2D eigenvalue weighted by Crippen LogP contribution is 2.45. The number of pyridine rings is 1. The van der Waals surface area contributed by atoms with Crippen molar-refractivity contribution in [2.24, 2.45) is 0 Å².